The number of thiazole rings is 1. The maximum absolute atomic E-state index is 12.3. The van der Waals surface area contributed by atoms with Crippen LogP contribution in [-0.2, 0) is 0 Å². The number of carbonyl (C=O) groups excluding carboxylic acids is 1. The van der Waals surface area contributed by atoms with Crippen molar-refractivity contribution in [1.29, 1.82) is 0 Å². The largest absolute Gasteiger partial charge is 0.507 e. The summed E-state index contributed by atoms with van der Waals surface area (Å²) < 4.78 is 0.553. The van der Waals surface area contributed by atoms with Gasteiger partial charge in [-0.05, 0) is 76.1 Å². The molecule has 0 saturated carbocycles. The number of aromatic hydroxyl groups is 1. The maximum Gasteiger partial charge on any atom is 0.271 e. The molecule has 0 atom stereocenters. The lowest BCUT2D eigenvalue weighted by Gasteiger charge is -2.03. The average Bonchev–Trinajstić information content (AvgIpc) is 3.26. The second kappa shape index (κ2) is 9.95. The smallest absolute Gasteiger partial charge is 0.271 e. The molecule has 0 unspecified atom stereocenters. The first-order chi connectivity index (χ1) is 15.5. The van der Waals surface area contributed by atoms with Crippen LogP contribution in [-0.4, -0.2) is 22.2 Å². The van der Waals surface area contributed by atoms with Crippen molar-refractivity contribution in [2.24, 2.45) is 5.10 Å². The number of hydrogen-bond acceptors (Lipinski definition) is 6. The quantitative estimate of drug-likeness (QED) is 0.199. The Morgan fingerprint density at radius 1 is 1.09 bits per heavy atom. The molecule has 0 fully saturated rings. The van der Waals surface area contributed by atoms with Crippen LogP contribution in [0, 0.1) is 0 Å². The first-order valence-electron chi connectivity index (χ1n) is 9.38. The average molecular weight is 528 g/mol. The van der Waals surface area contributed by atoms with Crippen molar-refractivity contribution in [3.8, 4) is 17.0 Å². The maximum atomic E-state index is 12.3. The van der Waals surface area contributed by atoms with Gasteiger partial charge in [0.05, 0.1) is 16.4 Å². The number of amides is 1. The molecule has 0 bridgehead atoms. The van der Waals surface area contributed by atoms with E-state index in [-0.39, 0.29) is 11.7 Å². The Morgan fingerprint density at radius 3 is 2.56 bits per heavy atom. The molecule has 0 aliphatic carbocycles. The molecular formula is C23H16BrClN4O2S. The normalized spacial score (nSPS) is 10.9. The van der Waals surface area contributed by atoms with E-state index in [1.165, 1.54) is 17.6 Å². The number of nitrogens with zero attached hydrogens (tertiary/aromatic N) is 2. The summed E-state index contributed by atoms with van der Waals surface area (Å²) in [7, 11) is 0. The number of phenols is 1. The molecule has 4 aromatic rings. The van der Waals surface area contributed by atoms with Gasteiger partial charge in [0.15, 0.2) is 5.13 Å². The first-order valence-corrected chi connectivity index (χ1v) is 11.4. The zero-order valence-electron chi connectivity index (χ0n) is 16.4. The van der Waals surface area contributed by atoms with Gasteiger partial charge in [0.25, 0.3) is 5.91 Å². The fourth-order valence-electron chi connectivity index (χ4n) is 2.75. The minimum atomic E-state index is -0.325. The van der Waals surface area contributed by atoms with Gasteiger partial charge in [0, 0.05) is 27.2 Å². The minimum Gasteiger partial charge on any atom is -0.507 e. The van der Waals surface area contributed by atoms with Crippen molar-refractivity contribution in [2.45, 2.75) is 0 Å². The summed E-state index contributed by atoms with van der Waals surface area (Å²) in [6, 6.07) is 19.5. The summed E-state index contributed by atoms with van der Waals surface area (Å²) in [4.78, 5) is 16.9. The molecule has 0 aliphatic heterocycles. The van der Waals surface area contributed by atoms with Crippen LogP contribution < -0.4 is 10.7 Å². The zero-order valence-corrected chi connectivity index (χ0v) is 19.6. The Labute approximate surface area is 201 Å². The summed E-state index contributed by atoms with van der Waals surface area (Å²) in [6.45, 7) is 0. The molecule has 32 heavy (non-hydrogen) atoms. The second-order valence-corrected chi connectivity index (χ2v) is 8.81. The van der Waals surface area contributed by atoms with Gasteiger partial charge in [-0.15, -0.1) is 11.3 Å². The predicted molar refractivity (Wildman–Crippen MR) is 133 cm³/mol. The highest BCUT2D eigenvalue weighted by Crippen LogP contribution is 2.28. The Bertz CT molecular complexity index is 1270. The van der Waals surface area contributed by atoms with Crippen molar-refractivity contribution in [3.63, 3.8) is 0 Å². The highest BCUT2D eigenvalue weighted by Gasteiger charge is 2.08. The Morgan fingerprint density at radius 2 is 1.84 bits per heavy atom. The Hall–Kier alpha value is -3.20. The van der Waals surface area contributed by atoms with Gasteiger partial charge >= 0.3 is 0 Å². The van der Waals surface area contributed by atoms with Crippen molar-refractivity contribution in [3.05, 3.63) is 92.7 Å². The van der Waals surface area contributed by atoms with Crippen LogP contribution >= 0.6 is 38.9 Å². The van der Waals surface area contributed by atoms with Gasteiger partial charge in [-0.2, -0.15) is 5.10 Å². The highest BCUT2D eigenvalue weighted by atomic mass is 79.9. The molecule has 1 amide bonds. The van der Waals surface area contributed by atoms with Gasteiger partial charge in [-0.1, -0.05) is 23.7 Å². The lowest BCUT2D eigenvalue weighted by molar-refractivity contribution is 0.0955. The number of hydrogen-bond donors (Lipinski definition) is 3. The van der Waals surface area contributed by atoms with Crippen LogP contribution in [0.5, 0.6) is 5.75 Å². The Kier molecular flexibility index (Phi) is 6.84. The van der Waals surface area contributed by atoms with E-state index < -0.39 is 0 Å². The fourth-order valence-corrected chi connectivity index (χ4v) is 4.01. The van der Waals surface area contributed by atoms with E-state index in [1.54, 1.807) is 30.3 Å². The Balaban J connectivity index is 1.37. The van der Waals surface area contributed by atoms with Crippen LogP contribution in [0.4, 0.5) is 10.8 Å². The van der Waals surface area contributed by atoms with Gasteiger partial charge in [-0.25, -0.2) is 10.4 Å². The summed E-state index contributed by atoms with van der Waals surface area (Å²) in [6.07, 6.45) is 1.50. The standard InChI is InChI=1S/C23H16BrClN4O2S/c24-19-11-14(1-10-21(19)30)12-26-29-22(31)16-4-2-15(3-5-16)20-13-32-23(28-20)27-18-8-6-17(25)7-9-18/h1-13,30H,(H,27,28)(H,29,31)/b26-12-. The third-order valence-electron chi connectivity index (χ3n) is 4.39. The molecule has 3 N–H and O–H groups in total. The number of halogens is 2. The van der Waals surface area contributed by atoms with Gasteiger partial charge in [0.2, 0.25) is 0 Å². The van der Waals surface area contributed by atoms with Gasteiger partial charge < -0.3 is 10.4 Å². The van der Waals surface area contributed by atoms with Crippen LogP contribution in [0.25, 0.3) is 11.3 Å². The molecule has 0 saturated heterocycles. The van der Waals surface area contributed by atoms with Crippen LogP contribution in [0.3, 0.4) is 0 Å². The monoisotopic (exact) mass is 526 g/mol. The molecule has 1 aromatic heterocycles. The number of carbonyl (C=O) groups is 1. The number of hydrazone groups is 1. The van der Waals surface area contributed by atoms with E-state index >= 15 is 0 Å². The third-order valence-corrected chi connectivity index (χ3v) is 6.04. The lowest BCUT2D eigenvalue weighted by atomic mass is 10.1. The number of aromatic nitrogens is 1. The van der Waals surface area contributed by atoms with E-state index in [0.717, 1.165) is 27.6 Å². The fraction of sp³-hybridized carbons (Fsp3) is 0. The first kappa shape index (κ1) is 22.0. The molecule has 0 radical (unpaired) electrons. The van der Waals surface area contributed by atoms with E-state index in [2.05, 4.69) is 36.8 Å². The van der Waals surface area contributed by atoms with Crippen LogP contribution in [0.2, 0.25) is 5.02 Å². The predicted octanol–water partition coefficient (Wildman–Crippen LogP) is 6.44. The minimum absolute atomic E-state index is 0.138. The molecule has 9 heteroatoms. The molecule has 160 valence electrons. The van der Waals surface area contributed by atoms with Crippen molar-refractivity contribution >= 4 is 61.8 Å². The van der Waals surface area contributed by atoms with Crippen LogP contribution in [0.1, 0.15) is 15.9 Å². The third kappa shape index (κ3) is 5.53. The van der Waals surface area contributed by atoms with Crippen molar-refractivity contribution < 1.29 is 9.90 Å². The molecular weight excluding hydrogens is 512 g/mol. The van der Waals surface area contributed by atoms with Gasteiger partial charge in [0.1, 0.15) is 5.75 Å². The van der Waals surface area contributed by atoms with E-state index in [0.29, 0.717) is 15.1 Å². The van der Waals surface area contributed by atoms with Crippen molar-refractivity contribution in [1.82, 2.24) is 10.4 Å². The topological polar surface area (TPSA) is 86.6 Å². The lowest BCUT2D eigenvalue weighted by Crippen LogP contribution is -2.17. The number of benzene rings is 3. The SMILES string of the molecule is O=C(N/N=C\c1ccc(O)c(Br)c1)c1ccc(-c2csc(Nc3ccc(Cl)cc3)n2)cc1. The molecule has 3 aromatic carbocycles. The van der Waals surface area contributed by atoms with E-state index in [4.69, 9.17) is 11.6 Å². The second-order valence-electron chi connectivity index (χ2n) is 6.66. The summed E-state index contributed by atoms with van der Waals surface area (Å²) in [5, 5.41) is 20.1. The molecule has 0 aliphatic rings. The van der Waals surface area contributed by atoms with Crippen LogP contribution in [0.15, 0.2) is 81.7 Å². The molecule has 1 heterocycles. The summed E-state index contributed by atoms with van der Waals surface area (Å²) >= 11 is 10.6. The zero-order chi connectivity index (χ0) is 22.5. The molecule has 4 rings (SSSR count). The van der Waals surface area contributed by atoms with Gasteiger partial charge in [-0.3, -0.25) is 4.79 Å². The number of rotatable bonds is 6. The summed E-state index contributed by atoms with van der Waals surface area (Å²) in [5.74, 6) is -0.187. The number of nitrogens with one attached hydrogen (secondary N) is 2. The van der Waals surface area contributed by atoms with E-state index in [1.807, 2.05) is 41.8 Å². The highest BCUT2D eigenvalue weighted by molar-refractivity contribution is 9.10. The summed E-state index contributed by atoms with van der Waals surface area (Å²) in [5.41, 5.74) is 6.33. The molecule has 0 spiro atoms. The number of phenolic OH excluding ortho intramolecular Hbond substituents is 1. The van der Waals surface area contributed by atoms with E-state index in [9.17, 15) is 9.90 Å². The van der Waals surface area contributed by atoms with Crippen molar-refractivity contribution in [2.75, 3.05) is 5.32 Å². The number of anilines is 2. The molecule has 6 nitrogen and oxygen atoms in total.